The van der Waals surface area contributed by atoms with Crippen molar-refractivity contribution in [3.63, 3.8) is 0 Å². The van der Waals surface area contributed by atoms with Crippen molar-refractivity contribution < 1.29 is 13.9 Å². The standard InChI is InChI=1S/C14H18N4O3S/c1-4-15-14(22)17(2)9-12-13(19)21-16-18(12)10-5-7-11(20-3)8-6-10/h5-8H,4,9H2,1-3H3,(H-,15,16,19,22)/p+1. The molecule has 2 rings (SSSR count). The Morgan fingerprint density at radius 2 is 2.14 bits per heavy atom. The Hall–Kier alpha value is -2.35. The summed E-state index contributed by atoms with van der Waals surface area (Å²) in [5.74, 6) is 0.738. The van der Waals surface area contributed by atoms with Crippen molar-refractivity contribution in [2.75, 3.05) is 20.7 Å². The summed E-state index contributed by atoms with van der Waals surface area (Å²) in [5.41, 5.74) is 0.791. The molecule has 0 saturated heterocycles. The van der Waals surface area contributed by atoms with Crippen molar-refractivity contribution in [3.05, 3.63) is 40.4 Å². The molecule has 0 spiro atoms. The van der Waals surface area contributed by atoms with E-state index in [0.717, 1.165) is 18.0 Å². The third kappa shape index (κ3) is 3.45. The molecule has 0 aliphatic heterocycles. The van der Waals surface area contributed by atoms with Crippen LogP contribution in [0.5, 0.6) is 5.75 Å². The number of nitrogens with zero attached hydrogens (tertiary/aromatic N) is 2. The topological polar surface area (TPSA) is 74.4 Å². The van der Waals surface area contributed by atoms with Crippen LogP contribution in [0.2, 0.25) is 0 Å². The number of hydrogen-bond donors (Lipinski definition) is 2. The fourth-order valence-corrected chi connectivity index (χ4v) is 2.16. The Bertz CT molecular complexity index is 693. The highest BCUT2D eigenvalue weighted by molar-refractivity contribution is 7.80. The van der Waals surface area contributed by atoms with Crippen molar-refractivity contribution >= 4 is 17.3 Å². The lowest BCUT2D eigenvalue weighted by Crippen LogP contribution is -2.44. The van der Waals surface area contributed by atoms with E-state index in [1.807, 2.05) is 38.2 Å². The molecule has 0 radical (unpaired) electrons. The fourth-order valence-electron chi connectivity index (χ4n) is 1.95. The van der Waals surface area contributed by atoms with E-state index in [1.54, 1.807) is 16.7 Å². The summed E-state index contributed by atoms with van der Waals surface area (Å²) in [6.45, 7) is 3.01. The lowest BCUT2D eigenvalue weighted by Gasteiger charge is -2.17. The van der Waals surface area contributed by atoms with E-state index in [1.165, 1.54) is 0 Å². The number of benzene rings is 1. The highest BCUT2D eigenvalue weighted by Crippen LogP contribution is 2.11. The first-order valence-corrected chi connectivity index (χ1v) is 7.23. The number of aromatic amines is 1. The van der Waals surface area contributed by atoms with Crippen molar-refractivity contribution in [1.82, 2.24) is 15.5 Å². The van der Waals surface area contributed by atoms with Crippen molar-refractivity contribution in [3.8, 4) is 11.4 Å². The van der Waals surface area contributed by atoms with Gasteiger partial charge in [0.05, 0.1) is 7.11 Å². The van der Waals surface area contributed by atoms with E-state index >= 15 is 0 Å². The molecule has 1 aromatic carbocycles. The predicted octanol–water partition coefficient (Wildman–Crippen LogP) is 0.579. The van der Waals surface area contributed by atoms with E-state index in [9.17, 15) is 4.79 Å². The Labute approximate surface area is 133 Å². The second-order valence-electron chi connectivity index (χ2n) is 4.65. The highest BCUT2D eigenvalue weighted by atomic mass is 32.1. The number of hydrogen-bond acceptors (Lipinski definition) is 4. The second kappa shape index (κ2) is 7.08. The number of rotatable bonds is 5. The van der Waals surface area contributed by atoms with Gasteiger partial charge in [0.25, 0.3) is 0 Å². The number of nitrogens with one attached hydrogen (secondary N) is 2. The average Bonchev–Trinajstić information content (AvgIpc) is 2.88. The van der Waals surface area contributed by atoms with Gasteiger partial charge >= 0.3 is 11.3 Å². The summed E-state index contributed by atoms with van der Waals surface area (Å²) in [5, 5.41) is 6.22. The van der Waals surface area contributed by atoms with Crippen LogP contribution < -0.4 is 20.4 Å². The van der Waals surface area contributed by atoms with Gasteiger partial charge < -0.3 is 15.0 Å². The number of aromatic nitrogens is 2. The molecule has 0 aliphatic rings. The molecule has 0 saturated carbocycles. The largest absolute Gasteiger partial charge is 0.497 e. The molecule has 0 atom stereocenters. The quantitative estimate of drug-likeness (QED) is 0.619. The molecule has 2 N–H and O–H groups in total. The minimum absolute atomic E-state index is 0.323. The van der Waals surface area contributed by atoms with Crippen molar-refractivity contribution in [2.24, 2.45) is 0 Å². The van der Waals surface area contributed by atoms with E-state index in [4.69, 9.17) is 21.5 Å². The molecule has 2 aromatic rings. The summed E-state index contributed by atoms with van der Waals surface area (Å²) in [7, 11) is 3.42. The van der Waals surface area contributed by atoms with Gasteiger partial charge in [0.2, 0.25) is 5.69 Å². The van der Waals surface area contributed by atoms with Crippen LogP contribution in [0.3, 0.4) is 0 Å². The Morgan fingerprint density at radius 1 is 1.45 bits per heavy atom. The maximum Gasteiger partial charge on any atom is 0.432 e. The third-order valence-corrected chi connectivity index (χ3v) is 3.58. The molecular weight excluding hydrogens is 304 g/mol. The van der Waals surface area contributed by atoms with Gasteiger partial charge in [0, 0.05) is 25.7 Å². The zero-order valence-electron chi connectivity index (χ0n) is 12.8. The molecule has 22 heavy (non-hydrogen) atoms. The third-order valence-electron chi connectivity index (χ3n) is 3.13. The summed E-state index contributed by atoms with van der Waals surface area (Å²) >= 11 is 5.23. The monoisotopic (exact) mass is 323 g/mol. The van der Waals surface area contributed by atoms with Crippen LogP contribution in [0.25, 0.3) is 5.69 Å². The number of methoxy groups -OCH3 is 1. The summed E-state index contributed by atoms with van der Waals surface area (Å²) in [6, 6.07) is 7.28. The second-order valence-corrected chi connectivity index (χ2v) is 5.04. The van der Waals surface area contributed by atoms with Gasteiger partial charge in [-0.2, -0.15) is 0 Å². The van der Waals surface area contributed by atoms with Gasteiger partial charge in [-0.25, -0.2) is 4.79 Å². The molecule has 0 unspecified atom stereocenters. The zero-order chi connectivity index (χ0) is 16.1. The number of thiocarbonyl (C=S) groups is 1. The van der Waals surface area contributed by atoms with Crippen LogP contribution in [0.15, 0.2) is 33.6 Å². The van der Waals surface area contributed by atoms with Gasteiger partial charge in [-0.1, -0.05) is 0 Å². The lowest BCUT2D eigenvalue weighted by atomic mass is 10.3. The average molecular weight is 323 g/mol. The fraction of sp³-hybridized carbons (Fsp3) is 0.357. The van der Waals surface area contributed by atoms with Gasteiger partial charge in [0.15, 0.2) is 5.11 Å². The summed E-state index contributed by atoms with van der Waals surface area (Å²) in [4.78, 5) is 13.7. The van der Waals surface area contributed by atoms with Crippen LogP contribution in [0, 0.1) is 0 Å². The minimum Gasteiger partial charge on any atom is -0.497 e. The normalized spacial score (nSPS) is 10.3. The molecule has 0 aliphatic carbocycles. The lowest BCUT2D eigenvalue weighted by molar-refractivity contribution is -0.678. The maximum absolute atomic E-state index is 11.9. The maximum atomic E-state index is 11.9. The first kappa shape index (κ1) is 16.0. The first-order valence-electron chi connectivity index (χ1n) is 6.82. The molecule has 8 heteroatoms. The Morgan fingerprint density at radius 3 is 2.73 bits per heavy atom. The van der Waals surface area contributed by atoms with Crippen LogP contribution in [-0.4, -0.2) is 36.0 Å². The zero-order valence-corrected chi connectivity index (χ0v) is 13.6. The summed E-state index contributed by atoms with van der Waals surface area (Å²) in [6.07, 6.45) is 0. The first-order chi connectivity index (χ1) is 10.6. The van der Waals surface area contributed by atoms with Crippen LogP contribution in [-0.2, 0) is 6.54 Å². The van der Waals surface area contributed by atoms with E-state index in [0.29, 0.717) is 17.4 Å². The highest BCUT2D eigenvalue weighted by Gasteiger charge is 2.25. The van der Waals surface area contributed by atoms with Gasteiger partial charge in [-0.05, 0) is 41.2 Å². The smallest absolute Gasteiger partial charge is 0.432 e. The van der Waals surface area contributed by atoms with Crippen molar-refractivity contribution in [2.45, 2.75) is 13.5 Å². The number of H-pyrrole nitrogens is 1. The number of ether oxygens (including phenoxy) is 1. The van der Waals surface area contributed by atoms with Crippen molar-refractivity contribution in [1.29, 1.82) is 0 Å². The Kier molecular flexibility index (Phi) is 5.16. The van der Waals surface area contributed by atoms with Gasteiger partial charge in [-0.15, -0.1) is 0 Å². The molecule has 118 valence electrons. The molecule has 0 fully saturated rings. The van der Waals surface area contributed by atoms with E-state index in [2.05, 4.69) is 10.6 Å². The minimum atomic E-state index is -0.429. The molecule has 0 bridgehead atoms. The van der Waals surface area contributed by atoms with Crippen LogP contribution in [0.4, 0.5) is 0 Å². The van der Waals surface area contributed by atoms with Crippen LogP contribution in [0.1, 0.15) is 12.6 Å². The van der Waals surface area contributed by atoms with E-state index < -0.39 is 5.63 Å². The van der Waals surface area contributed by atoms with Gasteiger partial charge in [0.1, 0.15) is 12.3 Å². The Balaban J connectivity index is 2.27. The van der Waals surface area contributed by atoms with Gasteiger partial charge in [-0.3, -0.25) is 4.52 Å². The molecule has 7 nitrogen and oxygen atoms in total. The SMILES string of the molecule is CCNC(=S)N(C)Cc1c(=O)o[nH][n+]1-c1ccc(OC)cc1. The van der Waals surface area contributed by atoms with E-state index in [-0.39, 0.29) is 0 Å². The molecular formula is C14H19N4O3S+. The molecule has 1 heterocycles. The summed E-state index contributed by atoms with van der Waals surface area (Å²) < 4.78 is 11.6. The predicted molar refractivity (Wildman–Crippen MR) is 85.2 cm³/mol. The van der Waals surface area contributed by atoms with Crippen LogP contribution >= 0.6 is 12.2 Å². The molecule has 0 amide bonds. The molecule has 1 aromatic heterocycles.